The minimum absolute atomic E-state index is 0. The van der Waals surface area contributed by atoms with Gasteiger partial charge in [-0.15, -0.1) is 12.4 Å². The molecule has 1 aromatic carbocycles. The first-order chi connectivity index (χ1) is 10.5. The van der Waals surface area contributed by atoms with E-state index in [9.17, 15) is 9.90 Å². The van der Waals surface area contributed by atoms with Gasteiger partial charge in [-0.3, -0.25) is 4.79 Å². The molecule has 8 heteroatoms. The number of nitrogens with one attached hydrogen (secondary N) is 1. The number of aliphatic hydroxyl groups excluding tert-OH is 1. The van der Waals surface area contributed by atoms with Crippen LogP contribution in [0.4, 0.5) is 0 Å². The van der Waals surface area contributed by atoms with Gasteiger partial charge in [-0.25, -0.2) is 0 Å². The van der Waals surface area contributed by atoms with Crippen molar-refractivity contribution in [1.29, 1.82) is 0 Å². The Balaban J connectivity index is 0.00000264. The van der Waals surface area contributed by atoms with Crippen molar-refractivity contribution in [2.24, 2.45) is 11.1 Å². The number of nitrogens with two attached hydrogens (primary N) is 1. The summed E-state index contributed by atoms with van der Waals surface area (Å²) in [6.07, 6.45) is 0.304. The van der Waals surface area contributed by atoms with Crippen molar-refractivity contribution in [1.82, 2.24) is 5.32 Å². The first kappa shape index (κ1) is 20.5. The maximum absolute atomic E-state index is 12.4. The minimum Gasteiger partial charge on any atom is -0.387 e. The second-order valence-corrected chi connectivity index (χ2v) is 6.40. The number of carbonyl (C=O) groups is 1. The largest absolute Gasteiger partial charge is 0.387 e. The number of benzene rings is 1. The van der Waals surface area contributed by atoms with Crippen LogP contribution in [-0.2, 0) is 9.53 Å². The number of carbonyl (C=O) groups excluding carboxylic acids is 1. The van der Waals surface area contributed by atoms with Crippen molar-refractivity contribution >= 4 is 41.5 Å². The normalized spacial score (nSPS) is 17.9. The summed E-state index contributed by atoms with van der Waals surface area (Å²) >= 11 is 11.8. The third-order valence-corrected chi connectivity index (χ3v) is 4.48. The second kappa shape index (κ2) is 9.06. The molecule has 1 fully saturated rings. The van der Waals surface area contributed by atoms with Crippen LogP contribution in [0, 0.1) is 5.41 Å². The summed E-state index contributed by atoms with van der Waals surface area (Å²) in [4.78, 5) is 12.4. The number of ether oxygens (including phenoxy) is 1. The molecule has 1 aliphatic rings. The molecule has 0 spiro atoms. The lowest BCUT2D eigenvalue weighted by Crippen LogP contribution is -2.49. The molecule has 1 unspecified atom stereocenters. The van der Waals surface area contributed by atoms with Crippen molar-refractivity contribution < 1.29 is 14.6 Å². The lowest BCUT2D eigenvalue weighted by atomic mass is 9.79. The van der Waals surface area contributed by atoms with Crippen molar-refractivity contribution in [3.05, 3.63) is 33.8 Å². The van der Waals surface area contributed by atoms with Crippen molar-refractivity contribution in [2.45, 2.75) is 18.9 Å². The Morgan fingerprint density at radius 2 is 1.87 bits per heavy atom. The molecule has 0 saturated carbocycles. The van der Waals surface area contributed by atoms with E-state index in [1.54, 1.807) is 18.2 Å². The molecule has 1 aromatic rings. The van der Waals surface area contributed by atoms with Crippen LogP contribution in [0.5, 0.6) is 0 Å². The van der Waals surface area contributed by atoms with Crippen LogP contribution < -0.4 is 11.1 Å². The quantitative estimate of drug-likeness (QED) is 0.728. The summed E-state index contributed by atoms with van der Waals surface area (Å²) in [5, 5.41) is 13.8. The highest BCUT2D eigenvalue weighted by atomic mass is 35.5. The molecule has 1 atom stereocenters. The van der Waals surface area contributed by atoms with Crippen LogP contribution in [0.3, 0.4) is 0 Å². The van der Waals surface area contributed by atoms with E-state index < -0.39 is 11.5 Å². The molecule has 4 N–H and O–H groups in total. The van der Waals surface area contributed by atoms with E-state index in [-0.39, 0.29) is 31.4 Å². The Labute approximate surface area is 151 Å². The van der Waals surface area contributed by atoms with E-state index in [1.165, 1.54) is 0 Å². The topological polar surface area (TPSA) is 84.6 Å². The van der Waals surface area contributed by atoms with Gasteiger partial charge >= 0.3 is 0 Å². The monoisotopic (exact) mass is 382 g/mol. The summed E-state index contributed by atoms with van der Waals surface area (Å²) in [7, 11) is 0. The molecule has 2 rings (SSSR count). The lowest BCUT2D eigenvalue weighted by Gasteiger charge is -2.34. The van der Waals surface area contributed by atoms with Crippen LogP contribution in [0.2, 0.25) is 10.0 Å². The summed E-state index contributed by atoms with van der Waals surface area (Å²) in [6.45, 7) is 1.40. The van der Waals surface area contributed by atoms with Gasteiger partial charge in [-0.05, 0) is 36.6 Å². The molecule has 1 amide bonds. The number of hydrogen-bond acceptors (Lipinski definition) is 4. The first-order valence-corrected chi connectivity index (χ1v) is 7.93. The summed E-state index contributed by atoms with van der Waals surface area (Å²) in [6, 6.07) is 4.83. The molecule has 1 saturated heterocycles. The van der Waals surface area contributed by atoms with Crippen LogP contribution >= 0.6 is 35.6 Å². The zero-order valence-electron chi connectivity index (χ0n) is 12.6. The van der Waals surface area contributed by atoms with Crippen molar-refractivity contribution in [3.63, 3.8) is 0 Å². The van der Waals surface area contributed by atoms with E-state index in [2.05, 4.69) is 5.32 Å². The number of hydrogen-bond donors (Lipinski definition) is 3. The van der Waals surface area contributed by atoms with Crippen LogP contribution in [0.15, 0.2) is 18.2 Å². The predicted octanol–water partition coefficient (Wildman–Crippen LogP) is 2.32. The Hall–Kier alpha value is -0.560. The van der Waals surface area contributed by atoms with Gasteiger partial charge in [0, 0.05) is 36.3 Å². The number of amides is 1. The third-order valence-electron chi connectivity index (χ3n) is 4.05. The SMILES string of the molecule is Cl.NCC1(C(=O)NCC(O)c2cc(Cl)cc(Cl)c2)CCOCC1. The van der Waals surface area contributed by atoms with Gasteiger partial charge in [-0.2, -0.15) is 0 Å². The van der Waals surface area contributed by atoms with Gasteiger partial charge in [0.05, 0.1) is 11.5 Å². The van der Waals surface area contributed by atoms with Crippen LogP contribution in [-0.4, -0.2) is 37.3 Å². The Kier molecular flexibility index (Phi) is 8.07. The highest BCUT2D eigenvalue weighted by Gasteiger charge is 2.38. The third kappa shape index (κ3) is 5.21. The maximum Gasteiger partial charge on any atom is 0.227 e. The van der Waals surface area contributed by atoms with Gasteiger partial charge in [0.1, 0.15) is 0 Å². The molecule has 0 aliphatic carbocycles. The lowest BCUT2D eigenvalue weighted by molar-refractivity contribution is -0.136. The van der Waals surface area contributed by atoms with Crippen molar-refractivity contribution in [3.8, 4) is 0 Å². The van der Waals surface area contributed by atoms with Gasteiger partial charge in [-0.1, -0.05) is 23.2 Å². The van der Waals surface area contributed by atoms with Gasteiger partial charge in [0.25, 0.3) is 0 Å². The number of rotatable bonds is 5. The van der Waals surface area contributed by atoms with Crippen LogP contribution in [0.25, 0.3) is 0 Å². The fourth-order valence-corrected chi connectivity index (χ4v) is 3.09. The molecular formula is C15H21Cl3N2O3. The van der Waals surface area contributed by atoms with Crippen molar-refractivity contribution in [2.75, 3.05) is 26.3 Å². The summed E-state index contributed by atoms with van der Waals surface area (Å²) < 4.78 is 5.28. The Morgan fingerprint density at radius 1 is 1.30 bits per heavy atom. The molecule has 0 radical (unpaired) electrons. The maximum atomic E-state index is 12.4. The van der Waals surface area contributed by atoms with E-state index >= 15 is 0 Å². The van der Waals surface area contributed by atoms with E-state index in [1.807, 2.05) is 0 Å². The first-order valence-electron chi connectivity index (χ1n) is 7.17. The Morgan fingerprint density at radius 3 is 2.39 bits per heavy atom. The second-order valence-electron chi connectivity index (χ2n) is 5.53. The molecule has 130 valence electrons. The molecule has 1 heterocycles. The summed E-state index contributed by atoms with van der Waals surface area (Å²) in [5.41, 5.74) is 5.74. The minimum atomic E-state index is -0.880. The number of aliphatic hydroxyl groups is 1. The predicted molar refractivity (Wildman–Crippen MR) is 93.2 cm³/mol. The summed E-state index contributed by atoms with van der Waals surface area (Å²) in [5.74, 6) is -0.148. The zero-order chi connectivity index (χ0) is 16.2. The van der Waals surface area contributed by atoms with Gasteiger partial charge in [0.2, 0.25) is 5.91 Å². The molecule has 0 bridgehead atoms. The van der Waals surface area contributed by atoms with Gasteiger partial charge < -0.3 is 20.9 Å². The zero-order valence-corrected chi connectivity index (χ0v) is 14.9. The average Bonchev–Trinajstić information content (AvgIpc) is 2.51. The smallest absolute Gasteiger partial charge is 0.227 e. The fraction of sp³-hybridized carbons (Fsp3) is 0.533. The molecule has 5 nitrogen and oxygen atoms in total. The highest BCUT2D eigenvalue weighted by molar-refractivity contribution is 6.34. The molecule has 0 aromatic heterocycles. The van der Waals surface area contributed by atoms with Crippen LogP contribution in [0.1, 0.15) is 24.5 Å². The standard InChI is InChI=1S/C15H20Cl2N2O3.ClH/c16-11-5-10(6-12(17)7-11)13(20)8-19-14(21)15(9-18)1-3-22-4-2-15;/h5-7,13,20H,1-4,8-9,18H2,(H,19,21);1H. The Bertz CT molecular complexity index is 516. The van der Waals surface area contributed by atoms with Gasteiger partial charge in [0.15, 0.2) is 0 Å². The highest BCUT2D eigenvalue weighted by Crippen LogP contribution is 2.30. The van der Waals surface area contributed by atoms with E-state index in [0.717, 1.165) is 0 Å². The number of halogens is 3. The fourth-order valence-electron chi connectivity index (χ4n) is 2.55. The molecule has 23 heavy (non-hydrogen) atoms. The molecular weight excluding hydrogens is 363 g/mol. The molecule has 1 aliphatic heterocycles. The average molecular weight is 384 g/mol. The van der Waals surface area contributed by atoms with E-state index in [0.29, 0.717) is 41.7 Å². The van der Waals surface area contributed by atoms with E-state index in [4.69, 9.17) is 33.7 Å².